The summed E-state index contributed by atoms with van der Waals surface area (Å²) in [4.78, 5) is 13.7. The third-order valence-corrected chi connectivity index (χ3v) is 5.13. The summed E-state index contributed by atoms with van der Waals surface area (Å²) in [5.41, 5.74) is 2.76. The molecule has 1 aliphatic heterocycles. The highest BCUT2D eigenvalue weighted by atomic mass is 19.1. The van der Waals surface area contributed by atoms with Crippen LogP contribution in [0.15, 0.2) is 36.4 Å². The summed E-state index contributed by atoms with van der Waals surface area (Å²) in [7, 11) is 1.70. The van der Waals surface area contributed by atoms with Gasteiger partial charge in [0.15, 0.2) is 0 Å². The van der Waals surface area contributed by atoms with Crippen LogP contribution in [-0.4, -0.2) is 13.1 Å². The second-order valence-electron chi connectivity index (χ2n) is 6.83. The molecule has 2 aromatic rings. The summed E-state index contributed by atoms with van der Waals surface area (Å²) in [6, 6.07) is 11.8. The van der Waals surface area contributed by atoms with E-state index in [1.165, 1.54) is 17.0 Å². The van der Waals surface area contributed by atoms with E-state index in [0.29, 0.717) is 5.69 Å². The zero-order valence-corrected chi connectivity index (χ0v) is 14.4. The number of carbonyl (C=O) groups is 1. The van der Waals surface area contributed by atoms with E-state index < -0.39 is 11.4 Å². The molecule has 0 bridgehead atoms. The lowest BCUT2D eigenvalue weighted by atomic mass is 9.88. The van der Waals surface area contributed by atoms with E-state index in [2.05, 4.69) is 5.32 Å². The number of carbonyl (C=O) groups excluding carboxylic acids is 1. The summed E-state index contributed by atoms with van der Waals surface area (Å²) in [5.74, 6) is -0.467. The molecule has 1 N–H and O–H groups in total. The van der Waals surface area contributed by atoms with Crippen molar-refractivity contribution < 1.29 is 13.9 Å². The average molecular weight is 351 g/mol. The standard InChI is InChI=1S/C20H18FN3O2/c1-24-18-5-4-15(23-16-9-13(12-22)8-14(21)10-16)11-17(18)20(26-19(24)25)6-2-3-7-20/h4-5,8-11,23H,2-3,6-7H2,1H3. The fourth-order valence-electron chi connectivity index (χ4n) is 3.87. The van der Waals surface area contributed by atoms with Crippen LogP contribution < -0.4 is 10.2 Å². The van der Waals surface area contributed by atoms with Gasteiger partial charge in [-0.3, -0.25) is 4.90 Å². The van der Waals surface area contributed by atoms with Crippen LogP contribution in [0.1, 0.15) is 36.8 Å². The number of anilines is 3. The van der Waals surface area contributed by atoms with Crippen molar-refractivity contribution in [3.63, 3.8) is 0 Å². The molecule has 1 fully saturated rings. The maximum Gasteiger partial charge on any atom is 0.414 e. The molecule has 4 rings (SSSR count). The third-order valence-electron chi connectivity index (χ3n) is 5.13. The van der Waals surface area contributed by atoms with Crippen molar-refractivity contribution in [3.05, 3.63) is 53.3 Å². The predicted octanol–water partition coefficient (Wildman–Crippen LogP) is 4.80. The van der Waals surface area contributed by atoms with E-state index in [1.807, 2.05) is 24.3 Å². The number of rotatable bonds is 2. The largest absolute Gasteiger partial charge is 0.438 e. The van der Waals surface area contributed by atoms with Crippen LogP contribution in [0.25, 0.3) is 0 Å². The minimum atomic E-state index is -0.573. The smallest absolute Gasteiger partial charge is 0.414 e. The highest BCUT2D eigenvalue weighted by molar-refractivity contribution is 5.91. The molecular formula is C20H18FN3O2. The van der Waals surface area contributed by atoms with Crippen LogP contribution in [0.5, 0.6) is 0 Å². The zero-order chi connectivity index (χ0) is 18.3. The lowest BCUT2D eigenvalue weighted by Crippen LogP contribution is -2.43. The molecule has 1 saturated carbocycles. The highest BCUT2D eigenvalue weighted by Crippen LogP contribution is 2.49. The number of amides is 1. The Labute approximate surface area is 151 Å². The summed E-state index contributed by atoms with van der Waals surface area (Å²) >= 11 is 0. The number of benzene rings is 2. The molecule has 0 radical (unpaired) electrons. The van der Waals surface area contributed by atoms with Crippen LogP contribution >= 0.6 is 0 Å². The maximum atomic E-state index is 13.7. The number of fused-ring (bicyclic) bond motifs is 2. The molecule has 1 spiro atoms. The van der Waals surface area contributed by atoms with Gasteiger partial charge in [0, 0.05) is 24.0 Å². The fourth-order valence-corrected chi connectivity index (χ4v) is 3.87. The molecule has 1 amide bonds. The number of hydrogen-bond acceptors (Lipinski definition) is 4. The number of hydrogen-bond donors (Lipinski definition) is 1. The van der Waals surface area contributed by atoms with E-state index in [1.54, 1.807) is 13.1 Å². The minimum Gasteiger partial charge on any atom is -0.438 e. The van der Waals surface area contributed by atoms with Crippen molar-refractivity contribution in [2.24, 2.45) is 0 Å². The Kier molecular flexibility index (Phi) is 3.80. The van der Waals surface area contributed by atoms with Gasteiger partial charge in [0.2, 0.25) is 0 Å². The monoisotopic (exact) mass is 351 g/mol. The minimum absolute atomic E-state index is 0.256. The summed E-state index contributed by atoms with van der Waals surface area (Å²) in [6.07, 6.45) is 3.32. The number of nitriles is 1. The van der Waals surface area contributed by atoms with Crippen LogP contribution in [0.3, 0.4) is 0 Å². The van der Waals surface area contributed by atoms with Gasteiger partial charge < -0.3 is 10.1 Å². The molecule has 0 saturated heterocycles. The Morgan fingerprint density at radius 2 is 1.96 bits per heavy atom. The molecule has 26 heavy (non-hydrogen) atoms. The SMILES string of the molecule is CN1C(=O)OC2(CCCC2)c2cc(Nc3cc(F)cc(C#N)c3)ccc21. The van der Waals surface area contributed by atoms with Crippen molar-refractivity contribution in [1.29, 1.82) is 5.26 Å². The quantitative estimate of drug-likeness (QED) is 0.844. The Bertz CT molecular complexity index is 929. The van der Waals surface area contributed by atoms with Crippen molar-refractivity contribution in [1.82, 2.24) is 0 Å². The second-order valence-corrected chi connectivity index (χ2v) is 6.83. The first-order valence-electron chi connectivity index (χ1n) is 8.60. The summed E-state index contributed by atoms with van der Waals surface area (Å²) < 4.78 is 19.5. The van der Waals surface area contributed by atoms with Crippen LogP contribution in [0.4, 0.5) is 26.2 Å². The van der Waals surface area contributed by atoms with Gasteiger partial charge in [0.05, 0.1) is 17.3 Å². The van der Waals surface area contributed by atoms with Gasteiger partial charge in [-0.2, -0.15) is 5.26 Å². The Hall–Kier alpha value is -3.07. The summed E-state index contributed by atoms with van der Waals surface area (Å²) in [6.45, 7) is 0. The number of nitrogens with zero attached hydrogens (tertiary/aromatic N) is 2. The Morgan fingerprint density at radius 1 is 1.19 bits per heavy atom. The van der Waals surface area contributed by atoms with Crippen LogP contribution in [0, 0.1) is 17.1 Å². The molecule has 2 aliphatic rings. The molecular weight excluding hydrogens is 333 g/mol. The molecule has 0 atom stereocenters. The predicted molar refractivity (Wildman–Crippen MR) is 95.9 cm³/mol. The topological polar surface area (TPSA) is 65.4 Å². The van der Waals surface area contributed by atoms with Gasteiger partial charge >= 0.3 is 6.09 Å². The van der Waals surface area contributed by atoms with Gasteiger partial charge in [-0.25, -0.2) is 9.18 Å². The molecule has 1 aliphatic carbocycles. The lowest BCUT2D eigenvalue weighted by molar-refractivity contribution is 0.0118. The van der Waals surface area contributed by atoms with E-state index >= 15 is 0 Å². The first-order chi connectivity index (χ1) is 12.5. The first kappa shape index (κ1) is 16.4. The van der Waals surface area contributed by atoms with Gasteiger partial charge in [0.25, 0.3) is 0 Å². The van der Waals surface area contributed by atoms with Gasteiger partial charge in [-0.05, 0) is 62.1 Å². The summed E-state index contributed by atoms with van der Waals surface area (Å²) in [5, 5.41) is 12.2. The number of nitrogens with one attached hydrogen (secondary N) is 1. The van der Waals surface area contributed by atoms with Crippen LogP contribution in [-0.2, 0) is 10.3 Å². The van der Waals surface area contributed by atoms with Gasteiger partial charge in [-0.15, -0.1) is 0 Å². The lowest BCUT2D eigenvalue weighted by Gasteiger charge is -2.39. The number of ether oxygens (including phenoxy) is 1. The maximum absolute atomic E-state index is 13.7. The van der Waals surface area contributed by atoms with Gasteiger partial charge in [0.1, 0.15) is 11.4 Å². The van der Waals surface area contributed by atoms with E-state index in [0.717, 1.165) is 42.6 Å². The molecule has 132 valence electrons. The molecule has 2 aromatic carbocycles. The Balaban J connectivity index is 1.74. The van der Waals surface area contributed by atoms with E-state index in [9.17, 15) is 9.18 Å². The normalized spacial score (nSPS) is 17.6. The van der Waals surface area contributed by atoms with Crippen molar-refractivity contribution in [3.8, 4) is 6.07 Å². The molecule has 1 heterocycles. The van der Waals surface area contributed by atoms with Crippen molar-refractivity contribution in [2.75, 3.05) is 17.3 Å². The van der Waals surface area contributed by atoms with Crippen LogP contribution in [0.2, 0.25) is 0 Å². The average Bonchev–Trinajstić information content (AvgIpc) is 3.08. The molecule has 0 aromatic heterocycles. The van der Waals surface area contributed by atoms with E-state index in [4.69, 9.17) is 10.00 Å². The zero-order valence-electron chi connectivity index (χ0n) is 14.4. The third kappa shape index (κ3) is 2.66. The van der Waals surface area contributed by atoms with Crippen molar-refractivity contribution >= 4 is 23.2 Å². The van der Waals surface area contributed by atoms with Crippen molar-refractivity contribution in [2.45, 2.75) is 31.3 Å². The van der Waals surface area contributed by atoms with Gasteiger partial charge in [-0.1, -0.05) is 0 Å². The van der Waals surface area contributed by atoms with E-state index in [-0.39, 0.29) is 11.7 Å². The fraction of sp³-hybridized carbons (Fsp3) is 0.300. The first-order valence-corrected chi connectivity index (χ1v) is 8.60. The molecule has 5 nitrogen and oxygen atoms in total. The second kappa shape index (κ2) is 6.03. The highest BCUT2D eigenvalue weighted by Gasteiger charge is 2.46. The molecule has 0 unspecified atom stereocenters. The molecule has 6 heteroatoms. The Morgan fingerprint density at radius 3 is 2.69 bits per heavy atom. The number of halogens is 1.